The third kappa shape index (κ3) is 3.87. The summed E-state index contributed by atoms with van der Waals surface area (Å²) >= 11 is 0. The van der Waals surface area contributed by atoms with Crippen LogP contribution in [0, 0.1) is 6.92 Å². The molecule has 0 bridgehead atoms. The van der Waals surface area contributed by atoms with Gasteiger partial charge in [-0.2, -0.15) is 0 Å². The van der Waals surface area contributed by atoms with E-state index in [1.165, 1.54) is 22.1 Å². The lowest BCUT2D eigenvalue weighted by atomic mass is 10.1. The van der Waals surface area contributed by atoms with E-state index in [4.69, 9.17) is 9.72 Å². The minimum absolute atomic E-state index is 0.0449. The molecule has 5 rings (SSSR count). The fourth-order valence-electron chi connectivity index (χ4n) is 4.05. The first kappa shape index (κ1) is 17.9. The van der Waals surface area contributed by atoms with Gasteiger partial charge in [0.25, 0.3) is 0 Å². The molecule has 29 heavy (non-hydrogen) atoms. The van der Waals surface area contributed by atoms with Gasteiger partial charge in [-0.1, -0.05) is 72.3 Å². The zero-order valence-electron chi connectivity index (χ0n) is 16.6. The topological polar surface area (TPSA) is 25.4 Å². The lowest BCUT2D eigenvalue weighted by Crippen LogP contribution is -2.27. The lowest BCUT2D eigenvalue weighted by Gasteiger charge is -2.24. The molecule has 0 saturated heterocycles. The Morgan fingerprint density at radius 1 is 0.931 bits per heavy atom. The van der Waals surface area contributed by atoms with Crippen LogP contribution in [0.25, 0.3) is 10.9 Å². The molecular weight excluding hydrogens is 356 g/mol. The van der Waals surface area contributed by atoms with E-state index in [1.54, 1.807) is 0 Å². The summed E-state index contributed by atoms with van der Waals surface area (Å²) in [5, 5.41) is 1.17. The van der Waals surface area contributed by atoms with Crippen LogP contribution in [0.15, 0.2) is 84.9 Å². The molecule has 4 aromatic rings. The van der Waals surface area contributed by atoms with E-state index in [9.17, 15) is 0 Å². The molecule has 1 atom stereocenters. The summed E-state index contributed by atoms with van der Waals surface area (Å²) < 4.78 is 6.50. The predicted octanol–water partition coefficient (Wildman–Crippen LogP) is 5.68. The van der Waals surface area contributed by atoms with Gasteiger partial charge in [0.05, 0.1) is 5.52 Å². The fourth-order valence-corrected chi connectivity index (χ4v) is 4.05. The summed E-state index contributed by atoms with van der Waals surface area (Å²) in [6.07, 6.45) is -0.0449. The van der Waals surface area contributed by atoms with Crippen LogP contribution in [0.4, 0.5) is 0 Å². The van der Waals surface area contributed by atoms with E-state index in [0.29, 0.717) is 0 Å². The Kier molecular flexibility index (Phi) is 4.74. The molecule has 3 heteroatoms. The summed E-state index contributed by atoms with van der Waals surface area (Å²) in [6, 6.07) is 29.7. The van der Waals surface area contributed by atoms with Crippen molar-refractivity contribution in [2.75, 3.05) is 6.54 Å². The van der Waals surface area contributed by atoms with Gasteiger partial charge in [0.1, 0.15) is 6.10 Å². The maximum atomic E-state index is 6.50. The van der Waals surface area contributed by atoms with Crippen LogP contribution in [0.3, 0.4) is 0 Å². The SMILES string of the molecule is Cc1ccc2nc3c(cc2c1)CN(Cc1ccccc1)C[C@H](c1ccccc1)O3. The number of aryl methyl sites for hydroxylation is 1. The Hall–Kier alpha value is -3.17. The van der Waals surface area contributed by atoms with E-state index in [2.05, 4.69) is 90.7 Å². The van der Waals surface area contributed by atoms with Crippen molar-refractivity contribution in [3.05, 3.63) is 107 Å². The number of benzene rings is 3. The summed E-state index contributed by atoms with van der Waals surface area (Å²) in [6.45, 7) is 4.66. The standard InChI is InChI=1S/C26H24N2O/c1-19-12-13-24-22(14-19)15-23-17-28(16-20-8-4-2-5-9-20)18-25(29-26(23)27-24)21-10-6-3-7-11-21/h2-15,25H,16-18H2,1H3/t25-/m1/s1. The number of hydrogen-bond acceptors (Lipinski definition) is 3. The third-order valence-electron chi connectivity index (χ3n) is 5.50. The van der Waals surface area contributed by atoms with Crippen LogP contribution in [-0.2, 0) is 13.1 Å². The highest BCUT2D eigenvalue weighted by Crippen LogP contribution is 2.33. The van der Waals surface area contributed by atoms with Gasteiger partial charge in [-0.15, -0.1) is 0 Å². The fraction of sp³-hybridized carbons (Fsp3) is 0.192. The van der Waals surface area contributed by atoms with Gasteiger partial charge >= 0.3 is 0 Å². The van der Waals surface area contributed by atoms with Crippen molar-refractivity contribution in [2.24, 2.45) is 0 Å². The molecule has 0 radical (unpaired) electrons. The van der Waals surface area contributed by atoms with Crippen LogP contribution in [0.1, 0.15) is 28.4 Å². The second kappa shape index (κ2) is 7.69. The summed E-state index contributed by atoms with van der Waals surface area (Å²) in [5.41, 5.74) is 5.88. The maximum absolute atomic E-state index is 6.50. The first-order valence-corrected chi connectivity index (χ1v) is 10.1. The molecule has 0 fully saturated rings. The molecule has 1 aliphatic heterocycles. The van der Waals surface area contributed by atoms with Crippen molar-refractivity contribution in [1.82, 2.24) is 9.88 Å². The molecule has 0 spiro atoms. The Balaban J connectivity index is 1.56. The number of hydrogen-bond donors (Lipinski definition) is 0. The number of ether oxygens (including phenoxy) is 1. The molecular formula is C26H24N2O. The Bertz CT molecular complexity index is 1130. The van der Waals surface area contributed by atoms with Crippen LogP contribution >= 0.6 is 0 Å². The molecule has 0 unspecified atom stereocenters. The Labute approximate surface area is 171 Å². The van der Waals surface area contributed by atoms with Crippen molar-refractivity contribution in [3.8, 4) is 5.88 Å². The van der Waals surface area contributed by atoms with Gasteiger partial charge in [0.2, 0.25) is 5.88 Å². The Morgan fingerprint density at radius 2 is 1.69 bits per heavy atom. The van der Waals surface area contributed by atoms with Crippen molar-refractivity contribution >= 4 is 10.9 Å². The molecule has 0 aliphatic carbocycles. The summed E-state index contributed by atoms with van der Waals surface area (Å²) in [4.78, 5) is 7.35. The minimum Gasteiger partial charge on any atom is -0.468 e. The van der Waals surface area contributed by atoms with Crippen LogP contribution in [0.5, 0.6) is 5.88 Å². The highest BCUT2D eigenvalue weighted by molar-refractivity contribution is 5.81. The number of fused-ring (bicyclic) bond motifs is 2. The van der Waals surface area contributed by atoms with Crippen LogP contribution in [0.2, 0.25) is 0 Å². The van der Waals surface area contributed by atoms with Gasteiger partial charge in [-0.25, -0.2) is 4.98 Å². The Morgan fingerprint density at radius 3 is 2.48 bits per heavy atom. The molecule has 3 nitrogen and oxygen atoms in total. The van der Waals surface area contributed by atoms with Crippen LogP contribution < -0.4 is 4.74 Å². The number of aromatic nitrogens is 1. The number of nitrogens with zero attached hydrogens (tertiary/aromatic N) is 2. The van der Waals surface area contributed by atoms with E-state index < -0.39 is 0 Å². The maximum Gasteiger partial charge on any atom is 0.219 e. The highest BCUT2D eigenvalue weighted by atomic mass is 16.5. The van der Waals surface area contributed by atoms with E-state index in [0.717, 1.165) is 36.6 Å². The van der Waals surface area contributed by atoms with Gasteiger partial charge in [0.15, 0.2) is 0 Å². The molecule has 0 saturated carbocycles. The van der Waals surface area contributed by atoms with Crippen molar-refractivity contribution in [3.63, 3.8) is 0 Å². The van der Waals surface area contributed by atoms with E-state index in [1.807, 2.05) is 6.07 Å². The van der Waals surface area contributed by atoms with E-state index >= 15 is 0 Å². The average Bonchev–Trinajstić information content (AvgIpc) is 2.92. The quantitative estimate of drug-likeness (QED) is 0.457. The number of pyridine rings is 1. The van der Waals surface area contributed by atoms with Gasteiger partial charge in [0, 0.05) is 30.6 Å². The zero-order chi connectivity index (χ0) is 19.6. The van der Waals surface area contributed by atoms with Crippen molar-refractivity contribution in [1.29, 1.82) is 0 Å². The molecule has 2 heterocycles. The largest absolute Gasteiger partial charge is 0.468 e. The normalized spacial score (nSPS) is 16.8. The van der Waals surface area contributed by atoms with Gasteiger partial charge in [-0.05, 0) is 36.2 Å². The molecule has 0 amide bonds. The average molecular weight is 380 g/mol. The first-order chi connectivity index (χ1) is 14.2. The molecule has 3 aromatic carbocycles. The predicted molar refractivity (Wildman–Crippen MR) is 117 cm³/mol. The molecule has 1 aliphatic rings. The summed E-state index contributed by atoms with van der Waals surface area (Å²) in [5.74, 6) is 0.755. The summed E-state index contributed by atoms with van der Waals surface area (Å²) in [7, 11) is 0. The van der Waals surface area contributed by atoms with Gasteiger partial charge in [-0.3, -0.25) is 4.90 Å². The second-order valence-corrected chi connectivity index (χ2v) is 7.82. The van der Waals surface area contributed by atoms with E-state index in [-0.39, 0.29) is 6.10 Å². The molecule has 1 aromatic heterocycles. The van der Waals surface area contributed by atoms with Crippen LogP contribution in [-0.4, -0.2) is 16.4 Å². The smallest absolute Gasteiger partial charge is 0.219 e. The second-order valence-electron chi connectivity index (χ2n) is 7.82. The molecule has 144 valence electrons. The van der Waals surface area contributed by atoms with Crippen molar-refractivity contribution < 1.29 is 4.74 Å². The third-order valence-corrected chi connectivity index (χ3v) is 5.50. The molecule has 0 N–H and O–H groups in total. The first-order valence-electron chi connectivity index (χ1n) is 10.1. The highest BCUT2D eigenvalue weighted by Gasteiger charge is 2.25. The number of rotatable bonds is 3. The van der Waals surface area contributed by atoms with Gasteiger partial charge < -0.3 is 4.74 Å². The lowest BCUT2D eigenvalue weighted by molar-refractivity contribution is 0.140. The van der Waals surface area contributed by atoms with Crippen molar-refractivity contribution in [2.45, 2.75) is 26.1 Å². The zero-order valence-corrected chi connectivity index (χ0v) is 16.6. The monoisotopic (exact) mass is 380 g/mol. The minimum atomic E-state index is -0.0449.